The summed E-state index contributed by atoms with van der Waals surface area (Å²) in [6.45, 7) is 5.86. The molecule has 0 spiro atoms. The SMILES string of the molecule is Cc1cncc(CNCCC(C)CCC(=O)O)c1. The lowest BCUT2D eigenvalue weighted by molar-refractivity contribution is -0.137. The van der Waals surface area contributed by atoms with E-state index in [4.69, 9.17) is 5.11 Å². The zero-order chi connectivity index (χ0) is 13.4. The average molecular weight is 250 g/mol. The van der Waals surface area contributed by atoms with Gasteiger partial charge >= 0.3 is 5.97 Å². The molecule has 0 aromatic carbocycles. The van der Waals surface area contributed by atoms with Gasteiger partial charge in [0.05, 0.1) is 0 Å². The lowest BCUT2D eigenvalue weighted by Crippen LogP contribution is -2.17. The molecule has 1 rings (SSSR count). The molecule has 0 amide bonds. The molecule has 0 aliphatic carbocycles. The Morgan fingerprint density at radius 1 is 1.44 bits per heavy atom. The Morgan fingerprint density at radius 3 is 2.89 bits per heavy atom. The van der Waals surface area contributed by atoms with Crippen LogP contribution >= 0.6 is 0 Å². The lowest BCUT2D eigenvalue weighted by Gasteiger charge is -2.10. The van der Waals surface area contributed by atoms with Gasteiger partial charge in [-0.05, 0) is 43.4 Å². The number of nitrogens with zero attached hydrogens (tertiary/aromatic N) is 1. The lowest BCUT2D eigenvalue weighted by atomic mass is 10.0. The number of aliphatic carboxylic acids is 1. The number of rotatable bonds is 8. The van der Waals surface area contributed by atoms with Gasteiger partial charge in [-0.3, -0.25) is 9.78 Å². The van der Waals surface area contributed by atoms with E-state index in [2.05, 4.69) is 23.3 Å². The number of nitrogens with one attached hydrogen (secondary N) is 1. The van der Waals surface area contributed by atoms with Crippen molar-refractivity contribution in [2.45, 2.75) is 39.7 Å². The summed E-state index contributed by atoms with van der Waals surface area (Å²) in [5, 5.41) is 11.9. The van der Waals surface area contributed by atoms with Crippen molar-refractivity contribution in [1.82, 2.24) is 10.3 Å². The number of hydrogen-bond donors (Lipinski definition) is 2. The third kappa shape index (κ3) is 6.35. The molecule has 0 bridgehead atoms. The van der Waals surface area contributed by atoms with E-state index >= 15 is 0 Å². The molecule has 1 aromatic heterocycles. The molecular weight excluding hydrogens is 228 g/mol. The van der Waals surface area contributed by atoms with Crippen molar-refractivity contribution in [3.63, 3.8) is 0 Å². The molecule has 1 heterocycles. The fourth-order valence-corrected chi connectivity index (χ4v) is 1.81. The standard InChI is InChI=1S/C14H22N2O2/c1-11(3-4-14(17)18)5-6-15-9-13-7-12(2)8-16-10-13/h7-8,10-11,15H,3-6,9H2,1-2H3,(H,17,18). The zero-order valence-corrected chi connectivity index (χ0v) is 11.1. The van der Waals surface area contributed by atoms with Crippen molar-refractivity contribution in [2.75, 3.05) is 6.54 Å². The summed E-state index contributed by atoms with van der Waals surface area (Å²) < 4.78 is 0. The van der Waals surface area contributed by atoms with Gasteiger partial charge in [-0.25, -0.2) is 0 Å². The van der Waals surface area contributed by atoms with Gasteiger partial charge in [-0.2, -0.15) is 0 Å². The van der Waals surface area contributed by atoms with Gasteiger partial charge in [-0.1, -0.05) is 13.0 Å². The van der Waals surface area contributed by atoms with Gasteiger partial charge in [0.15, 0.2) is 0 Å². The summed E-state index contributed by atoms with van der Waals surface area (Å²) >= 11 is 0. The van der Waals surface area contributed by atoms with Crippen molar-refractivity contribution in [3.05, 3.63) is 29.6 Å². The second-order valence-corrected chi connectivity index (χ2v) is 4.87. The largest absolute Gasteiger partial charge is 0.481 e. The van der Waals surface area contributed by atoms with Gasteiger partial charge in [0.25, 0.3) is 0 Å². The van der Waals surface area contributed by atoms with Crippen LogP contribution in [0.4, 0.5) is 0 Å². The molecule has 0 saturated carbocycles. The molecule has 4 heteroatoms. The smallest absolute Gasteiger partial charge is 0.303 e. The third-order valence-corrected chi connectivity index (χ3v) is 2.93. The normalized spacial score (nSPS) is 12.3. The summed E-state index contributed by atoms with van der Waals surface area (Å²) in [5.41, 5.74) is 2.36. The first-order valence-electron chi connectivity index (χ1n) is 6.41. The number of aryl methyl sites for hydroxylation is 1. The van der Waals surface area contributed by atoms with Crippen molar-refractivity contribution in [2.24, 2.45) is 5.92 Å². The molecular formula is C14H22N2O2. The molecule has 1 aromatic rings. The summed E-state index contributed by atoms with van der Waals surface area (Å²) in [5.74, 6) is -0.259. The van der Waals surface area contributed by atoms with Crippen LogP contribution in [0.3, 0.4) is 0 Å². The van der Waals surface area contributed by atoms with E-state index in [9.17, 15) is 4.79 Å². The van der Waals surface area contributed by atoms with Gasteiger partial charge in [0.1, 0.15) is 0 Å². The van der Waals surface area contributed by atoms with E-state index in [1.165, 1.54) is 11.1 Å². The quantitative estimate of drug-likeness (QED) is 0.695. The highest BCUT2D eigenvalue weighted by Gasteiger charge is 2.05. The molecule has 2 N–H and O–H groups in total. The Labute approximate surface area is 108 Å². The van der Waals surface area contributed by atoms with Gasteiger partial charge in [-0.15, -0.1) is 0 Å². The molecule has 0 fully saturated rings. The molecule has 1 unspecified atom stereocenters. The Morgan fingerprint density at radius 2 is 2.22 bits per heavy atom. The van der Waals surface area contributed by atoms with E-state index < -0.39 is 5.97 Å². The van der Waals surface area contributed by atoms with E-state index in [1.807, 2.05) is 19.3 Å². The van der Waals surface area contributed by atoms with Gasteiger partial charge in [0, 0.05) is 25.4 Å². The number of carboxylic acids is 1. The molecule has 18 heavy (non-hydrogen) atoms. The average Bonchev–Trinajstić information content (AvgIpc) is 2.32. The second-order valence-electron chi connectivity index (χ2n) is 4.87. The van der Waals surface area contributed by atoms with Crippen molar-refractivity contribution >= 4 is 5.97 Å². The van der Waals surface area contributed by atoms with E-state index in [0.29, 0.717) is 5.92 Å². The summed E-state index contributed by atoms with van der Waals surface area (Å²) in [7, 11) is 0. The predicted molar refractivity (Wildman–Crippen MR) is 71.3 cm³/mol. The van der Waals surface area contributed by atoms with E-state index in [0.717, 1.165) is 25.9 Å². The third-order valence-electron chi connectivity index (χ3n) is 2.93. The summed E-state index contributed by atoms with van der Waals surface area (Å²) in [6, 6.07) is 2.12. The molecule has 4 nitrogen and oxygen atoms in total. The molecule has 0 aliphatic heterocycles. The van der Waals surface area contributed by atoms with Crippen LogP contribution in [0.15, 0.2) is 18.5 Å². The fourth-order valence-electron chi connectivity index (χ4n) is 1.81. The molecule has 0 saturated heterocycles. The van der Waals surface area contributed by atoms with Crippen LogP contribution in [0.25, 0.3) is 0 Å². The molecule has 100 valence electrons. The number of aromatic nitrogens is 1. The fraction of sp³-hybridized carbons (Fsp3) is 0.571. The summed E-state index contributed by atoms with van der Waals surface area (Å²) in [6.07, 6.45) is 5.74. The number of carboxylic acid groups (broad SMARTS) is 1. The number of carbonyl (C=O) groups is 1. The van der Waals surface area contributed by atoms with Crippen LogP contribution in [-0.4, -0.2) is 22.6 Å². The minimum Gasteiger partial charge on any atom is -0.481 e. The van der Waals surface area contributed by atoms with E-state index in [-0.39, 0.29) is 6.42 Å². The number of pyridine rings is 1. The first-order chi connectivity index (χ1) is 8.58. The molecule has 0 radical (unpaired) electrons. The molecule has 0 aliphatic rings. The monoisotopic (exact) mass is 250 g/mol. The van der Waals surface area contributed by atoms with Crippen LogP contribution in [0.5, 0.6) is 0 Å². The van der Waals surface area contributed by atoms with Crippen molar-refractivity contribution in [3.8, 4) is 0 Å². The van der Waals surface area contributed by atoms with Gasteiger partial charge in [0.2, 0.25) is 0 Å². The second kappa shape index (κ2) is 7.82. The first-order valence-corrected chi connectivity index (χ1v) is 6.41. The maximum Gasteiger partial charge on any atom is 0.303 e. The summed E-state index contributed by atoms with van der Waals surface area (Å²) in [4.78, 5) is 14.6. The zero-order valence-electron chi connectivity index (χ0n) is 11.1. The topological polar surface area (TPSA) is 62.2 Å². The van der Waals surface area contributed by atoms with Gasteiger partial charge < -0.3 is 10.4 Å². The molecule has 1 atom stereocenters. The highest BCUT2D eigenvalue weighted by atomic mass is 16.4. The Kier molecular flexibility index (Phi) is 6.36. The Hall–Kier alpha value is -1.42. The Bertz CT molecular complexity index is 380. The maximum atomic E-state index is 10.4. The minimum absolute atomic E-state index is 0.267. The highest BCUT2D eigenvalue weighted by Crippen LogP contribution is 2.09. The maximum absolute atomic E-state index is 10.4. The van der Waals surface area contributed by atoms with Crippen LogP contribution in [0.1, 0.15) is 37.3 Å². The predicted octanol–water partition coefficient (Wildman–Crippen LogP) is 2.37. The van der Waals surface area contributed by atoms with Crippen LogP contribution in [0.2, 0.25) is 0 Å². The van der Waals surface area contributed by atoms with E-state index in [1.54, 1.807) is 0 Å². The first kappa shape index (κ1) is 14.6. The van der Waals surface area contributed by atoms with Crippen LogP contribution in [0, 0.1) is 12.8 Å². The minimum atomic E-state index is -0.708. The number of hydrogen-bond acceptors (Lipinski definition) is 3. The van der Waals surface area contributed by atoms with Crippen LogP contribution < -0.4 is 5.32 Å². The van der Waals surface area contributed by atoms with Crippen molar-refractivity contribution < 1.29 is 9.90 Å². The van der Waals surface area contributed by atoms with Crippen LogP contribution in [-0.2, 0) is 11.3 Å². The van der Waals surface area contributed by atoms with Crippen molar-refractivity contribution in [1.29, 1.82) is 0 Å². The Balaban J connectivity index is 2.13. The highest BCUT2D eigenvalue weighted by molar-refractivity contribution is 5.66.